The van der Waals surface area contributed by atoms with E-state index in [1.165, 1.54) is 11.3 Å². The highest BCUT2D eigenvalue weighted by molar-refractivity contribution is 7.15. The Balaban J connectivity index is 1.93. The molecule has 1 aromatic rings. The van der Waals surface area contributed by atoms with Gasteiger partial charge >= 0.3 is 0 Å². The molecular weight excluding hydrogens is 194 g/mol. The predicted octanol–water partition coefficient (Wildman–Crippen LogP) is 1.58. The van der Waals surface area contributed by atoms with Gasteiger partial charge in [0.25, 0.3) is 0 Å². The molecule has 1 aliphatic carbocycles. The summed E-state index contributed by atoms with van der Waals surface area (Å²) in [5.74, 6) is 0. The minimum atomic E-state index is -2.60. The second-order valence-electron chi connectivity index (χ2n) is 3.42. The van der Waals surface area contributed by atoms with E-state index in [-0.39, 0.29) is 12.6 Å². The topological polar surface area (TPSA) is 50.9 Å². The van der Waals surface area contributed by atoms with Crippen molar-refractivity contribution in [3.05, 3.63) is 10.6 Å². The minimum Gasteiger partial charge on any atom is -0.375 e. The summed E-state index contributed by atoms with van der Waals surface area (Å²) in [5.41, 5.74) is 6.68. The van der Waals surface area contributed by atoms with Crippen LogP contribution in [0.2, 0.25) is 0 Å². The molecule has 0 fully saturated rings. The fourth-order valence-corrected chi connectivity index (χ4v) is 2.72. The van der Waals surface area contributed by atoms with E-state index in [0.717, 1.165) is 29.8 Å². The Labute approximate surface area is 95.8 Å². The molecule has 3 nitrogen and oxygen atoms in total. The van der Waals surface area contributed by atoms with E-state index in [0.29, 0.717) is 5.13 Å². The van der Waals surface area contributed by atoms with Crippen LogP contribution in [0.5, 0.6) is 0 Å². The lowest BCUT2D eigenvalue weighted by Crippen LogP contribution is -2.34. The summed E-state index contributed by atoms with van der Waals surface area (Å²) < 4.78 is 36.6. The second kappa shape index (κ2) is 4.28. The van der Waals surface area contributed by atoms with Gasteiger partial charge in [0.2, 0.25) is 0 Å². The first-order valence-electron chi connectivity index (χ1n) is 7.16. The number of thiazole rings is 1. The van der Waals surface area contributed by atoms with Crippen LogP contribution in [0.1, 0.15) is 37.1 Å². The van der Waals surface area contributed by atoms with Crippen LogP contribution in [-0.2, 0) is 12.8 Å². The molecule has 78 valence electrons. The third-order valence-corrected chi connectivity index (χ3v) is 3.38. The molecule has 1 atom stereocenters. The van der Waals surface area contributed by atoms with Gasteiger partial charge in [0, 0.05) is 17.8 Å². The number of aromatic nitrogens is 1. The molecular formula is C10H17N3S. The molecule has 0 amide bonds. The van der Waals surface area contributed by atoms with Crippen LogP contribution in [0.3, 0.4) is 0 Å². The van der Waals surface area contributed by atoms with Gasteiger partial charge in [-0.1, -0.05) is 6.85 Å². The number of nitrogen functional groups attached to an aromatic ring is 1. The summed E-state index contributed by atoms with van der Waals surface area (Å²) in [4.78, 5) is 5.36. The lowest BCUT2D eigenvalue weighted by molar-refractivity contribution is 0.460. The van der Waals surface area contributed by atoms with Crippen LogP contribution in [0, 0.1) is 0 Å². The molecule has 0 spiro atoms. The molecule has 0 saturated heterocycles. The fraction of sp³-hybridized carbons (Fsp3) is 0.700. The quantitative estimate of drug-likeness (QED) is 0.806. The van der Waals surface area contributed by atoms with E-state index >= 15 is 0 Å². The Morgan fingerprint density at radius 2 is 2.79 bits per heavy atom. The third kappa shape index (κ3) is 2.07. The highest BCUT2D eigenvalue weighted by Crippen LogP contribution is 2.27. The maximum atomic E-state index is 7.56. The van der Waals surface area contributed by atoms with E-state index in [9.17, 15) is 0 Å². The highest BCUT2D eigenvalue weighted by atomic mass is 32.1. The molecule has 0 bridgehead atoms. The Hall–Kier alpha value is -0.610. The van der Waals surface area contributed by atoms with E-state index in [1.54, 1.807) is 0 Å². The fourth-order valence-electron chi connectivity index (χ4n) is 1.76. The lowest BCUT2D eigenvalue weighted by atomic mass is 9.98. The molecule has 1 heterocycles. The summed E-state index contributed by atoms with van der Waals surface area (Å²) in [6.07, 6.45) is 0.159. The molecule has 1 aromatic heterocycles. The number of hydrogen-bond donors (Lipinski definition) is 2. The third-order valence-electron chi connectivity index (χ3n) is 2.44. The number of fused-ring (bicyclic) bond motifs is 1. The number of nitrogens with zero attached hydrogens (tertiary/aromatic N) is 1. The predicted molar refractivity (Wildman–Crippen MR) is 60.6 cm³/mol. The van der Waals surface area contributed by atoms with Crippen LogP contribution in [0.4, 0.5) is 5.13 Å². The van der Waals surface area contributed by atoms with Gasteiger partial charge in [-0.3, -0.25) is 0 Å². The maximum absolute atomic E-state index is 7.56. The normalized spacial score (nSPS) is 28.0. The zero-order chi connectivity index (χ0) is 14.3. The number of rotatable bonds is 3. The first kappa shape index (κ1) is 5.47. The lowest BCUT2D eigenvalue weighted by Gasteiger charge is -2.21. The highest BCUT2D eigenvalue weighted by Gasteiger charge is 2.21. The molecule has 1 aliphatic rings. The molecule has 2 rings (SSSR count). The largest absolute Gasteiger partial charge is 0.375 e. The SMILES string of the molecule is [2H]C([2H])([2H])C([2H])([2H])CNC1CCc2nc(N)sc2C1. The van der Waals surface area contributed by atoms with Crippen LogP contribution in [0.25, 0.3) is 0 Å². The van der Waals surface area contributed by atoms with Crippen molar-refractivity contribution in [2.24, 2.45) is 0 Å². The van der Waals surface area contributed by atoms with Crippen molar-refractivity contribution in [2.45, 2.75) is 38.5 Å². The second-order valence-corrected chi connectivity index (χ2v) is 4.53. The number of aryl methyl sites for hydroxylation is 1. The Kier molecular flexibility index (Phi) is 1.67. The van der Waals surface area contributed by atoms with Crippen molar-refractivity contribution in [2.75, 3.05) is 12.3 Å². The van der Waals surface area contributed by atoms with Crippen molar-refractivity contribution in [1.29, 1.82) is 0 Å². The monoisotopic (exact) mass is 216 g/mol. The number of hydrogen-bond acceptors (Lipinski definition) is 4. The van der Waals surface area contributed by atoms with Crippen molar-refractivity contribution in [3.8, 4) is 0 Å². The number of anilines is 1. The molecule has 0 saturated carbocycles. The van der Waals surface area contributed by atoms with E-state index in [4.69, 9.17) is 12.6 Å². The summed E-state index contributed by atoms with van der Waals surface area (Å²) in [7, 11) is 0. The number of nitrogens with two attached hydrogens (primary N) is 1. The average molecular weight is 216 g/mol. The minimum absolute atomic E-state index is 0.0878. The molecule has 0 aromatic carbocycles. The molecule has 1 unspecified atom stereocenters. The van der Waals surface area contributed by atoms with Gasteiger partial charge in [0.15, 0.2) is 5.13 Å². The van der Waals surface area contributed by atoms with Crippen molar-refractivity contribution in [3.63, 3.8) is 0 Å². The van der Waals surface area contributed by atoms with Crippen molar-refractivity contribution >= 4 is 16.5 Å². The van der Waals surface area contributed by atoms with Crippen molar-refractivity contribution in [1.82, 2.24) is 10.3 Å². The number of nitrogens with one attached hydrogen (secondary N) is 1. The van der Waals surface area contributed by atoms with Crippen molar-refractivity contribution < 1.29 is 6.85 Å². The standard InChI is InChI=1S/C10H17N3S/c1-2-5-12-7-3-4-8-9(6-7)14-10(11)13-8/h7,12H,2-6H2,1H3,(H2,11,13)/i1D3,2D2. The first-order valence-corrected chi connectivity index (χ1v) is 5.48. The van der Waals surface area contributed by atoms with Gasteiger partial charge in [0.05, 0.1) is 5.69 Å². The van der Waals surface area contributed by atoms with Crippen LogP contribution >= 0.6 is 11.3 Å². The van der Waals surface area contributed by atoms with Gasteiger partial charge in [-0.05, 0) is 32.2 Å². The zero-order valence-corrected chi connectivity index (χ0v) is 8.66. The van der Waals surface area contributed by atoms with E-state index in [2.05, 4.69) is 10.3 Å². The summed E-state index contributed by atoms with van der Waals surface area (Å²) >= 11 is 1.45. The Bertz CT molecular complexity index is 457. The summed E-state index contributed by atoms with van der Waals surface area (Å²) in [6.45, 7) is -2.77. The van der Waals surface area contributed by atoms with Gasteiger partial charge in [0.1, 0.15) is 0 Å². The van der Waals surface area contributed by atoms with Crippen LogP contribution < -0.4 is 11.1 Å². The van der Waals surface area contributed by atoms with E-state index in [1.807, 2.05) is 0 Å². The zero-order valence-electron chi connectivity index (χ0n) is 12.8. The first-order chi connectivity index (χ1) is 8.69. The summed E-state index contributed by atoms with van der Waals surface area (Å²) in [6, 6.07) is 0.0878. The average Bonchev–Trinajstić information content (AvgIpc) is 2.64. The van der Waals surface area contributed by atoms with E-state index < -0.39 is 13.2 Å². The van der Waals surface area contributed by atoms with Gasteiger partial charge in [-0.15, -0.1) is 11.3 Å². The summed E-state index contributed by atoms with van der Waals surface area (Å²) in [5, 5.41) is 3.58. The van der Waals surface area contributed by atoms with Gasteiger partial charge in [-0.25, -0.2) is 4.98 Å². The molecule has 0 aliphatic heterocycles. The molecule has 14 heavy (non-hydrogen) atoms. The van der Waals surface area contributed by atoms with Crippen LogP contribution in [0.15, 0.2) is 0 Å². The van der Waals surface area contributed by atoms with Crippen LogP contribution in [-0.4, -0.2) is 17.6 Å². The Morgan fingerprint density at radius 1 is 1.86 bits per heavy atom. The smallest absolute Gasteiger partial charge is 0.180 e. The maximum Gasteiger partial charge on any atom is 0.180 e. The van der Waals surface area contributed by atoms with Gasteiger partial charge in [-0.2, -0.15) is 0 Å². The van der Waals surface area contributed by atoms with Gasteiger partial charge < -0.3 is 11.1 Å². The molecule has 3 N–H and O–H groups in total. The molecule has 0 radical (unpaired) electrons. The molecule has 4 heteroatoms. The Morgan fingerprint density at radius 3 is 3.64 bits per heavy atom.